The van der Waals surface area contributed by atoms with Crippen molar-refractivity contribution in [2.45, 2.75) is 19.4 Å². The van der Waals surface area contributed by atoms with E-state index in [0.717, 1.165) is 5.56 Å². The molecule has 1 atom stereocenters. The van der Waals surface area contributed by atoms with Crippen LogP contribution in [0.3, 0.4) is 0 Å². The summed E-state index contributed by atoms with van der Waals surface area (Å²) in [6.07, 6.45) is -0.206. The summed E-state index contributed by atoms with van der Waals surface area (Å²) in [6, 6.07) is 21.4. The SMILES string of the molecule is CC(Oc1ccc(Cl)cc1Cl)C(=O)NNC(=S)NC(=O)c1ccccc1OCCc1ccccc1. The molecule has 7 nitrogen and oxygen atoms in total. The van der Waals surface area contributed by atoms with E-state index in [0.29, 0.717) is 35.1 Å². The number of nitrogens with one attached hydrogen (secondary N) is 3. The molecule has 35 heavy (non-hydrogen) atoms. The van der Waals surface area contributed by atoms with Crippen molar-refractivity contribution in [2.75, 3.05) is 6.61 Å². The first kappa shape index (κ1) is 26.3. The third-order valence-electron chi connectivity index (χ3n) is 4.72. The molecule has 10 heteroatoms. The normalized spacial score (nSPS) is 11.2. The van der Waals surface area contributed by atoms with Crippen molar-refractivity contribution in [1.29, 1.82) is 0 Å². The second-order valence-corrected chi connectivity index (χ2v) is 8.56. The first-order valence-electron chi connectivity index (χ1n) is 10.6. The van der Waals surface area contributed by atoms with Crippen LogP contribution in [0.1, 0.15) is 22.8 Å². The fraction of sp³-hybridized carbons (Fsp3) is 0.160. The minimum absolute atomic E-state index is 0.0980. The Morgan fingerprint density at radius 3 is 2.40 bits per heavy atom. The molecule has 0 aromatic heterocycles. The van der Waals surface area contributed by atoms with Gasteiger partial charge < -0.3 is 9.47 Å². The quantitative estimate of drug-likeness (QED) is 0.288. The molecule has 0 aliphatic heterocycles. The summed E-state index contributed by atoms with van der Waals surface area (Å²) in [5, 5.41) is 3.14. The number of para-hydroxylation sites is 1. The Hall–Kier alpha value is -3.33. The minimum Gasteiger partial charge on any atom is -0.492 e. The molecular formula is C25H23Cl2N3O4S. The average molecular weight is 532 g/mol. The van der Waals surface area contributed by atoms with Crippen LogP contribution in [0.5, 0.6) is 11.5 Å². The molecule has 2 amide bonds. The van der Waals surface area contributed by atoms with Crippen LogP contribution in [0.2, 0.25) is 10.0 Å². The summed E-state index contributed by atoms with van der Waals surface area (Å²) in [5.74, 6) is -0.283. The molecule has 0 radical (unpaired) electrons. The second-order valence-electron chi connectivity index (χ2n) is 7.31. The molecule has 0 saturated heterocycles. The third-order valence-corrected chi connectivity index (χ3v) is 5.45. The van der Waals surface area contributed by atoms with Crippen LogP contribution in [0.15, 0.2) is 72.8 Å². The fourth-order valence-corrected chi connectivity index (χ4v) is 3.54. The Morgan fingerprint density at radius 1 is 0.943 bits per heavy atom. The molecule has 0 heterocycles. The molecule has 0 aliphatic rings. The summed E-state index contributed by atoms with van der Waals surface area (Å²) < 4.78 is 11.4. The lowest BCUT2D eigenvalue weighted by Gasteiger charge is -2.17. The highest BCUT2D eigenvalue weighted by Crippen LogP contribution is 2.28. The predicted octanol–water partition coefficient (Wildman–Crippen LogP) is 4.72. The fourth-order valence-electron chi connectivity index (χ4n) is 2.94. The largest absolute Gasteiger partial charge is 0.492 e. The highest BCUT2D eigenvalue weighted by Gasteiger charge is 2.18. The van der Waals surface area contributed by atoms with E-state index in [-0.39, 0.29) is 10.1 Å². The van der Waals surface area contributed by atoms with Crippen molar-refractivity contribution in [3.63, 3.8) is 0 Å². The van der Waals surface area contributed by atoms with Gasteiger partial charge in [0.05, 0.1) is 17.2 Å². The zero-order chi connectivity index (χ0) is 25.2. The molecule has 0 aliphatic carbocycles. The molecule has 3 N–H and O–H groups in total. The summed E-state index contributed by atoms with van der Waals surface area (Å²) in [4.78, 5) is 25.0. The maximum atomic E-state index is 12.7. The van der Waals surface area contributed by atoms with Gasteiger partial charge in [-0.1, -0.05) is 65.7 Å². The number of amides is 2. The predicted molar refractivity (Wildman–Crippen MR) is 140 cm³/mol. The lowest BCUT2D eigenvalue weighted by Crippen LogP contribution is -2.51. The summed E-state index contributed by atoms with van der Waals surface area (Å²) >= 11 is 17.0. The lowest BCUT2D eigenvalue weighted by atomic mass is 10.1. The van der Waals surface area contributed by atoms with Gasteiger partial charge in [-0.2, -0.15) is 0 Å². The van der Waals surface area contributed by atoms with Crippen molar-refractivity contribution >= 4 is 52.3 Å². The van der Waals surface area contributed by atoms with Gasteiger partial charge in [0.15, 0.2) is 11.2 Å². The molecule has 0 saturated carbocycles. The van der Waals surface area contributed by atoms with Crippen LogP contribution < -0.4 is 25.6 Å². The van der Waals surface area contributed by atoms with Crippen LogP contribution in [0, 0.1) is 0 Å². The Morgan fingerprint density at radius 2 is 1.66 bits per heavy atom. The Balaban J connectivity index is 1.48. The van der Waals surface area contributed by atoms with E-state index < -0.39 is 17.9 Å². The zero-order valence-electron chi connectivity index (χ0n) is 18.7. The summed E-state index contributed by atoms with van der Waals surface area (Å²) in [6.45, 7) is 1.94. The van der Waals surface area contributed by atoms with Crippen LogP contribution in [-0.4, -0.2) is 29.6 Å². The highest BCUT2D eigenvalue weighted by atomic mass is 35.5. The van der Waals surface area contributed by atoms with Crippen molar-refractivity contribution in [1.82, 2.24) is 16.2 Å². The summed E-state index contributed by atoms with van der Waals surface area (Å²) in [5.41, 5.74) is 6.31. The van der Waals surface area contributed by atoms with Gasteiger partial charge in [0, 0.05) is 11.4 Å². The lowest BCUT2D eigenvalue weighted by molar-refractivity contribution is -0.127. The van der Waals surface area contributed by atoms with E-state index in [2.05, 4.69) is 16.2 Å². The monoisotopic (exact) mass is 531 g/mol. The first-order chi connectivity index (χ1) is 16.8. The number of carbonyl (C=O) groups is 2. The van der Waals surface area contributed by atoms with E-state index in [1.165, 1.54) is 13.0 Å². The van der Waals surface area contributed by atoms with Crippen LogP contribution in [-0.2, 0) is 11.2 Å². The van der Waals surface area contributed by atoms with Gasteiger partial charge in [-0.3, -0.25) is 25.8 Å². The van der Waals surface area contributed by atoms with Gasteiger partial charge in [0.1, 0.15) is 11.5 Å². The van der Waals surface area contributed by atoms with Gasteiger partial charge in [0.2, 0.25) is 0 Å². The van der Waals surface area contributed by atoms with Gasteiger partial charge >= 0.3 is 0 Å². The number of rotatable bonds is 8. The van der Waals surface area contributed by atoms with Crippen molar-refractivity contribution in [2.24, 2.45) is 0 Å². The molecule has 0 fully saturated rings. The zero-order valence-corrected chi connectivity index (χ0v) is 21.0. The van der Waals surface area contributed by atoms with E-state index >= 15 is 0 Å². The topological polar surface area (TPSA) is 88.7 Å². The molecular weight excluding hydrogens is 509 g/mol. The van der Waals surface area contributed by atoms with E-state index in [4.69, 9.17) is 44.9 Å². The maximum absolute atomic E-state index is 12.7. The van der Waals surface area contributed by atoms with Crippen LogP contribution in [0.25, 0.3) is 0 Å². The number of hydrazine groups is 1. The second kappa shape index (κ2) is 12.9. The van der Waals surface area contributed by atoms with Crippen LogP contribution >= 0.6 is 35.4 Å². The number of ether oxygens (including phenoxy) is 2. The van der Waals surface area contributed by atoms with Gasteiger partial charge in [-0.05, 0) is 55.0 Å². The Labute approximate surface area is 218 Å². The molecule has 0 bridgehead atoms. The van der Waals surface area contributed by atoms with Gasteiger partial charge in [-0.15, -0.1) is 0 Å². The van der Waals surface area contributed by atoms with Crippen molar-refractivity contribution < 1.29 is 19.1 Å². The van der Waals surface area contributed by atoms with Gasteiger partial charge in [0.25, 0.3) is 11.8 Å². The number of halogens is 2. The molecule has 3 aromatic rings. The van der Waals surface area contributed by atoms with Gasteiger partial charge in [-0.25, -0.2) is 0 Å². The first-order valence-corrected chi connectivity index (χ1v) is 11.8. The number of carbonyl (C=O) groups excluding carboxylic acids is 2. The maximum Gasteiger partial charge on any atom is 0.279 e. The van der Waals surface area contributed by atoms with Crippen LogP contribution in [0.4, 0.5) is 0 Å². The molecule has 182 valence electrons. The molecule has 3 aromatic carbocycles. The Bertz CT molecular complexity index is 1190. The smallest absolute Gasteiger partial charge is 0.279 e. The van der Waals surface area contributed by atoms with E-state index in [1.54, 1.807) is 36.4 Å². The van der Waals surface area contributed by atoms with Crippen molar-refractivity contribution in [3.8, 4) is 11.5 Å². The number of thiocarbonyl (C=S) groups is 1. The Kier molecular flexibility index (Phi) is 9.72. The number of hydrogen-bond acceptors (Lipinski definition) is 5. The number of hydrogen-bond donors (Lipinski definition) is 3. The number of benzene rings is 3. The molecule has 3 rings (SSSR count). The molecule has 1 unspecified atom stereocenters. The highest BCUT2D eigenvalue weighted by molar-refractivity contribution is 7.80. The van der Waals surface area contributed by atoms with E-state index in [1.807, 2.05) is 30.3 Å². The third kappa shape index (κ3) is 8.13. The summed E-state index contributed by atoms with van der Waals surface area (Å²) in [7, 11) is 0. The average Bonchev–Trinajstić information content (AvgIpc) is 2.85. The molecule has 0 spiro atoms. The standard InChI is InChI=1S/C25H23Cl2N3O4S/c1-16(34-22-12-11-18(26)15-20(22)27)23(31)29-30-25(35)28-24(32)19-9-5-6-10-21(19)33-14-13-17-7-3-2-4-8-17/h2-12,15-16H,13-14H2,1H3,(H,29,31)(H2,28,30,32,35). The van der Waals surface area contributed by atoms with E-state index in [9.17, 15) is 9.59 Å². The van der Waals surface area contributed by atoms with Crippen molar-refractivity contribution in [3.05, 3.63) is 94.0 Å². The minimum atomic E-state index is -0.904.